The molecule has 0 saturated heterocycles. The van der Waals surface area contributed by atoms with E-state index in [1.807, 2.05) is 215 Å². The zero-order chi connectivity index (χ0) is 84.8. The van der Waals surface area contributed by atoms with Gasteiger partial charge in [0, 0.05) is 81.2 Å². The van der Waals surface area contributed by atoms with Crippen LogP contribution in [0.15, 0.2) is 260 Å². The fourth-order valence-electron chi connectivity index (χ4n) is 12.7. The molecule has 3 unspecified atom stereocenters. The molecule has 0 bridgehead atoms. The van der Waals surface area contributed by atoms with Gasteiger partial charge >= 0.3 is 0 Å². The Balaban J connectivity index is 0.000000273. The topological polar surface area (TPSA) is 167 Å². The third-order valence-electron chi connectivity index (χ3n) is 19.8. The van der Waals surface area contributed by atoms with Crippen molar-refractivity contribution in [3.63, 3.8) is 0 Å². The molecule has 2 heterocycles. The van der Waals surface area contributed by atoms with E-state index in [-0.39, 0.29) is 45.8 Å². The Labute approximate surface area is 692 Å². The average Bonchev–Trinajstić information content (AvgIpc) is 1.77. The summed E-state index contributed by atoms with van der Waals surface area (Å²) in [5.41, 5.74) is 13.3. The summed E-state index contributed by atoms with van der Waals surface area (Å²) in [5.74, 6) is 3.44. The molecule has 10 nitrogen and oxygen atoms in total. The number of rotatable bonds is 21. The van der Waals surface area contributed by atoms with Crippen molar-refractivity contribution < 1.29 is 43.2 Å². The lowest BCUT2D eigenvalue weighted by atomic mass is 9.83. The average molecular weight is 1570 g/mol. The van der Waals surface area contributed by atoms with Crippen molar-refractivity contribution in [2.75, 3.05) is 0 Å². The highest BCUT2D eigenvalue weighted by atomic mass is 32.1. The highest BCUT2D eigenvalue weighted by molar-refractivity contribution is 7.10. The summed E-state index contributed by atoms with van der Waals surface area (Å²) in [6.45, 7) is 32.4. The number of Topliss-reactive ketones (excluding diaryl/α,β-unsaturated/α-hetero) is 5. The first-order valence-electron chi connectivity index (χ1n) is 40.8. The summed E-state index contributed by atoms with van der Waals surface area (Å²) in [5, 5.41) is 2.00. The summed E-state index contributed by atoms with van der Waals surface area (Å²) >= 11 is 1.62. The predicted molar refractivity (Wildman–Crippen MR) is 478 cm³/mol. The molecule has 2 aliphatic carbocycles. The molecule has 3 atom stereocenters. The maximum atomic E-state index is 11.8. The Bertz CT molecular complexity index is 4400. The molecule has 8 aromatic carbocycles. The van der Waals surface area contributed by atoms with Crippen LogP contribution in [-0.4, -0.2) is 59.0 Å². The maximum Gasteiger partial charge on any atom is 0.165 e. The summed E-state index contributed by atoms with van der Waals surface area (Å²) < 4.78 is 0. The zero-order valence-electron chi connectivity index (χ0n) is 71.3. The van der Waals surface area contributed by atoms with Crippen LogP contribution < -0.4 is 0 Å². The van der Waals surface area contributed by atoms with E-state index in [4.69, 9.17) is 0 Å². The lowest BCUT2D eigenvalue weighted by Gasteiger charge is -2.21. The summed E-state index contributed by atoms with van der Waals surface area (Å²) in [7, 11) is 0. The molecule has 12 rings (SSSR count). The van der Waals surface area contributed by atoms with Crippen molar-refractivity contribution in [1.29, 1.82) is 0 Å². The lowest BCUT2D eigenvalue weighted by Crippen LogP contribution is -2.23. The van der Waals surface area contributed by atoms with Crippen molar-refractivity contribution in [3.8, 4) is 0 Å². The van der Waals surface area contributed by atoms with Gasteiger partial charge in [0.05, 0.1) is 5.41 Å². The minimum Gasteiger partial charge on any atom is -0.303 e. The van der Waals surface area contributed by atoms with E-state index in [1.165, 1.54) is 72.8 Å². The van der Waals surface area contributed by atoms with E-state index < -0.39 is 5.41 Å². The van der Waals surface area contributed by atoms with Crippen LogP contribution in [0, 0.1) is 23.2 Å². The van der Waals surface area contributed by atoms with Crippen LogP contribution in [0.2, 0.25) is 0 Å². The minimum absolute atomic E-state index is 0.00372. The summed E-state index contributed by atoms with van der Waals surface area (Å²) in [6, 6.07) is 78.4. The van der Waals surface area contributed by atoms with E-state index in [9.17, 15) is 43.2 Å². The molecule has 10 aromatic rings. The largest absolute Gasteiger partial charge is 0.303 e. The molecule has 2 aromatic heterocycles. The molecule has 2 fully saturated rings. The van der Waals surface area contributed by atoms with Gasteiger partial charge in [-0.2, -0.15) is 0 Å². The second-order valence-corrected chi connectivity index (χ2v) is 33.8. The number of aldehydes is 4. The van der Waals surface area contributed by atoms with Crippen molar-refractivity contribution in [2.45, 2.75) is 223 Å². The van der Waals surface area contributed by atoms with Crippen LogP contribution in [0.3, 0.4) is 0 Å². The number of nitrogens with zero attached hydrogens (tertiary/aromatic N) is 1. The van der Waals surface area contributed by atoms with E-state index in [0.29, 0.717) is 36.4 Å². The van der Waals surface area contributed by atoms with Gasteiger partial charge in [-0.25, -0.2) is 0 Å². The van der Waals surface area contributed by atoms with Crippen LogP contribution in [0.4, 0.5) is 0 Å². The normalized spacial score (nSPS) is 13.3. The van der Waals surface area contributed by atoms with Crippen molar-refractivity contribution in [3.05, 3.63) is 338 Å². The van der Waals surface area contributed by atoms with Crippen LogP contribution in [0.5, 0.6) is 0 Å². The number of hydrogen-bond acceptors (Lipinski definition) is 11. The fourth-order valence-corrected chi connectivity index (χ4v) is 13.6. The lowest BCUT2D eigenvalue weighted by molar-refractivity contribution is -0.111. The summed E-state index contributed by atoms with van der Waals surface area (Å²) in [4.78, 5) is 104. The van der Waals surface area contributed by atoms with E-state index >= 15 is 0 Å². The standard InChI is InChI=1S/C14H18O.C13H12OS.2C13H18O.C12H14O.C12H16O.C11H14O.C8H9NO.C8H8O/c1-11(15)12-7-9-14(10-8-12)13-5-3-2-4-6-13;1-13(10-14,12-8-5-9-15-12)11-6-3-2-4-7-11;1-10(9-14)11-5-7-12(8-6-11)13(2,3)4;1-10(2)13-6-4-12(5-7-13)8-11(3)9-14;13-12(11-8-4-5-9-11)10-6-2-1-3-7-10;1-12(2,3)9-11(13)10-7-5-4-6-8-10;1-9(2)7-10-3-5-11(8-12)6-4-10;1-2-8(10)7-3-5-9-6-4-7;1-7(9)8-5-3-2-4-6-8/h7-10,13H,2-6H2,1H3;2-10H,1H3;5-10H,1-4H3;4-7,9-11H,8H2,1-3H3;1-3,6-7,11H,4-5,8-9H2;4-8H,9H2,1-3H3;3-6,8-9H,7H2,1-2H3;3-6H,2H2,1H3;2-6H,1H3. The Kier molecular flexibility index (Phi) is 44.0. The van der Waals surface area contributed by atoms with Crippen LogP contribution in [0.1, 0.15) is 305 Å². The molecular formula is C104H127NO9S. The zero-order valence-corrected chi connectivity index (χ0v) is 72.1. The highest BCUT2D eigenvalue weighted by Gasteiger charge is 2.29. The molecule has 0 N–H and O–H groups in total. The number of thiophene rings is 1. The van der Waals surface area contributed by atoms with Crippen LogP contribution in [0.25, 0.3) is 0 Å². The maximum absolute atomic E-state index is 11.8. The first-order chi connectivity index (χ1) is 54.9. The molecule has 0 aliphatic heterocycles. The molecule has 0 radical (unpaired) electrons. The Morgan fingerprint density at radius 3 is 1.34 bits per heavy atom. The number of pyridine rings is 1. The third-order valence-corrected chi connectivity index (χ3v) is 20.9. The minimum atomic E-state index is -0.505. The molecule has 2 aliphatic rings. The van der Waals surface area contributed by atoms with Gasteiger partial charge in [-0.15, -0.1) is 11.3 Å². The number of carbonyl (C=O) groups is 9. The van der Waals surface area contributed by atoms with E-state index in [0.717, 1.165) is 106 Å². The molecule has 0 spiro atoms. The fraction of sp³-hybridized carbons (Fsp3) is 0.365. The molecule has 608 valence electrons. The quantitative estimate of drug-likeness (QED) is 0.0499. The van der Waals surface area contributed by atoms with Gasteiger partial charge in [0.25, 0.3) is 0 Å². The Hall–Kier alpha value is -10.4. The molecule has 0 amide bonds. The molecule has 2 saturated carbocycles. The highest BCUT2D eigenvalue weighted by Crippen LogP contribution is 2.35. The van der Waals surface area contributed by atoms with Crippen molar-refractivity contribution >= 4 is 65.4 Å². The number of hydrogen-bond donors (Lipinski definition) is 0. The first kappa shape index (κ1) is 97.0. The number of aromatic nitrogens is 1. The van der Waals surface area contributed by atoms with Gasteiger partial charge in [0.1, 0.15) is 25.1 Å². The van der Waals surface area contributed by atoms with Gasteiger partial charge < -0.3 is 14.4 Å². The SMILES string of the molecule is CC(=O)c1ccc(C2CCCCC2)cc1.CC(=O)c1ccccc1.CC(C)(C)CC(=O)c1ccccc1.CC(C)Cc1ccc(C=O)cc1.CC(C=O)(c1ccccc1)c1cccs1.CC(C=O)Cc1ccc(C(C)C)cc1.CC(C=O)c1ccc(C(C)(C)C)cc1.CCC(=O)c1ccncc1.O=C(c1ccccc1)C1CCCC1. The van der Waals surface area contributed by atoms with Gasteiger partial charge in [-0.3, -0.25) is 33.8 Å². The van der Waals surface area contributed by atoms with Gasteiger partial charge in [-0.05, 0) is 150 Å². The second-order valence-electron chi connectivity index (χ2n) is 32.8. The molecule has 11 heteroatoms. The predicted octanol–water partition coefficient (Wildman–Crippen LogP) is 26.3. The van der Waals surface area contributed by atoms with Crippen molar-refractivity contribution in [2.24, 2.45) is 23.2 Å². The van der Waals surface area contributed by atoms with Gasteiger partial charge in [0.15, 0.2) is 28.9 Å². The monoisotopic (exact) mass is 1570 g/mol. The smallest absolute Gasteiger partial charge is 0.165 e. The Morgan fingerprint density at radius 1 is 0.452 bits per heavy atom. The van der Waals surface area contributed by atoms with E-state index in [1.54, 1.807) is 49.7 Å². The third kappa shape index (κ3) is 37.2. The van der Waals surface area contributed by atoms with Crippen LogP contribution >= 0.6 is 11.3 Å². The number of benzene rings is 8. The molecular weight excluding hydrogens is 1440 g/mol. The van der Waals surface area contributed by atoms with Gasteiger partial charge in [-0.1, -0.05) is 347 Å². The summed E-state index contributed by atoms with van der Waals surface area (Å²) in [6.07, 6.45) is 21.6. The van der Waals surface area contributed by atoms with Crippen molar-refractivity contribution in [1.82, 2.24) is 4.98 Å². The second kappa shape index (κ2) is 52.2. The van der Waals surface area contributed by atoms with Crippen LogP contribution in [-0.2, 0) is 38.1 Å². The van der Waals surface area contributed by atoms with Gasteiger partial charge in [0.2, 0.25) is 0 Å². The van der Waals surface area contributed by atoms with E-state index in [2.05, 4.69) is 123 Å². The first-order valence-corrected chi connectivity index (χ1v) is 41.7. The number of carbonyl (C=O) groups excluding carboxylic acids is 9. The molecule has 115 heavy (non-hydrogen) atoms. The Morgan fingerprint density at radius 2 is 0.913 bits per heavy atom. The number of ketones is 5.